The molecule has 1 aromatic rings. The van der Waals surface area contributed by atoms with Crippen LogP contribution in [-0.2, 0) is 9.59 Å². The van der Waals surface area contributed by atoms with Crippen molar-refractivity contribution in [2.75, 3.05) is 18.0 Å². The van der Waals surface area contributed by atoms with E-state index >= 15 is 0 Å². The molecule has 132 valence electrons. The zero-order valence-electron chi connectivity index (χ0n) is 13.0. The molecule has 24 heavy (non-hydrogen) atoms. The van der Waals surface area contributed by atoms with E-state index in [2.05, 4.69) is 5.32 Å². The summed E-state index contributed by atoms with van der Waals surface area (Å²) >= 11 is 12.0. The molecule has 2 fully saturated rings. The molecule has 0 bridgehead atoms. The Balaban J connectivity index is 0.00000208. The number of anilines is 1. The monoisotopic (exact) mass is 391 g/mol. The topological polar surface area (TPSA) is 75.4 Å². The van der Waals surface area contributed by atoms with E-state index in [4.69, 9.17) is 28.9 Å². The summed E-state index contributed by atoms with van der Waals surface area (Å²) in [6.45, 7) is 0.803. The second kappa shape index (κ2) is 7.91. The molecule has 0 aromatic heterocycles. The molecular weight excluding hydrogens is 373 g/mol. The van der Waals surface area contributed by atoms with Crippen LogP contribution in [-0.4, -0.2) is 30.9 Å². The van der Waals surface area contributed by atoms with Crippen LogP contribution in [0.4, 0.5) is 5.69 Å². The van der Waals surface area contributed by atoms with E-state index in [0.29, 0.717) is 34.7 Å². The van der Waals surface area contributed by atoms with Gasteiger partial charge in [-0.2, -0.15) is 0 Å². The fourth-order valence-electron chi connectivity index (χ4n) is 2.88. The molecule has 1 aromatic carbocycles. The van der Waals surface area contributed by atoms with E-state index in [9.17, 15) is 9.59 Å². The Hall–Kier alpha value is -1.01. The molecule has 2 aliphatic rings. The highest BCUT2D eigenvalue weighted by Crippen LogP contribution is 2.32. The van der Waals surface area contributed by atoms with Crippen LogP contribution in [0.3, 0.4) is 0 Å². The number of amides is 2. The van der Waals surface area contributed by atoms with Gasteiger partial charge in [0.05, 0.1) is 5.92 Å². The summed E-state index contributed by atoms with van der Waals surface area (Å²) in [4.78, 5) is 26.0. The third-order valence-corrected chi connectivity index (χ3v) is 4.83. The van der Waals surface area contributed by atoms with E-state index in [1.54, 1.807) is 23.1 Å². The molecule has 1 saturated carbocycles. The molecule has 5 nitrogen and oxygen atoms in total. The van der Waals surface area contributed by atoms with Gasteiger partial charge >= 0.3 is 0 Å². The summed E-state index contributed by atoms with van der Waals surface area (Å²) in [5, 5.41) is 3.79. The minimum atomic E-state index is -0.369. The summed E-state index contributed by atoms with van der Waals surface area (Å²) in [6, 6.07) is 4.97. The number of rotatable bonds is 5. The SMILES string of the molecule is Cl.NC(CNC(=O)C1CC(=O)N(c2cc(Cl)cc(Cl)c2)C1)C1CC1. The lowest BCUT2D eigenvalue weighted by Crippen LogP contribution is -2.41. The van der Waals surface area contributed by atoms with Gasteiger partial charge in [-0.05, 0) is 37.0 Å². The summed E-state index contributed by atoms with van der Waals surface area (Å²) in [6.07, 6.45) is 2.47. The zero-order valence-corrected chi connectivity index (χ0v) is 15.3. The van der Waals surface area contributed by atoms with E-state index in [-0.39, 0.29) is 42.6 Å². The maximum Gasteiger partial charge on any atom is 0.227 e. The van der Waals surface area contributed by atoms with E-state index in [0.717, 1.165) is 12.8 Å². The lowest BCUT2D eigenvalue weighted by molar-refractivity contribution is -0.126. The minimum absolute atomic E-state index is 0. The average molecular weight is 393 g/mol. The van der Waals surface area contributed by atoms with Gasteiger partial charge in [0.1, 0.15) is 0 Å². The van der Waals surface area contributed by atoms with Gasteiger partial charge < -0.3 is 16.0 Å². The molecule has 2 amide bonds. The highest BCUT2D eigenvalue weighted by molar-refractivity contribution is 6.35. The first-order valence-electron chi connectivity index (χ1n) is 7.74. The van der Waals surface area contributed by atoms with Crippen LogP contribution in [0.5, 0.6) is 0 Å². The van der Waals surface area contributed by atoms with E-state index < -0.39 is 0 Å². The number of nitrogens with zero attached hydrogens (tertiary/aromatic N) is 1. The Morgan fingerprint density at radius 1 is 1.29 bits per heavy atom. The summed E-state index contributed by atoms with van der Waals surface area (Å²) in [5.74, 6) is -0.0580. The summed E-state index contributed by atoms with van der Waals surface area (Å²) in [7, 11) is 0. The van der Waals surface area contributed by atoms with Crippen LogP contribution >= 0.6 is 35.6 Å². The standard InChI is InChI=1S/C16H19Cl2N3O2.ClH/c17-11-4-12(18)6-13(5-11)21-8-10(3-15(21)22)16(23)20-7-14(19)9-1-2-9;/h4-6,9-10,14H,1-3,7-8,19H2,(H,20,23);1H. The molecule has 2 unspecified atom stereocenters. The number of halogens is 3. The van der Waals surface area contributed by atoms with Crippen molar-refractivity contribution >= 4 is 53.1 Å². The number of hydrogen-bond donors (Lipinski definition) is 2. The number of nitrogens with one attached hydrogen (secondary N) is 1. The molecular formula is C16H20Cl3N3O2. The van der Waals surface area contributed by atoms with Gasteiger partial charge in [0.25, 0.3) is 0 Å². The molecule has 1 heterocycles. The summed E-state index contributed by atoms with van der Waals surface area (Å²) in [5.41, 5.74) is 6.61. The second-order valence-corrected chi connectivity index (χ2v) is 7.15. The van der Waals surface area contributed by atoms with Gasteiger partial charge in [0, 0.05) is 41.3 Å². The predicted octanol–water partition coefficient (Wildman–Crippen LogP) is 2.62. The molecule has 3 rings (SSSR count). The van der Waals surface area contributed by atoms with Crippen molar-refractivity contribution < 1.29 is 9.59 Å². The fourth-order valence-corrected chi connectivity index (χ4v) is 3.40. The van der Waals surface area contributed by atoms with Crippen LogP contribution in [0, 0.1) is 11.8 Å². The molecule has 8 heteroatoms. The van der Waals surface area contributed by atoms with Gasteiger partial charge in [-0.1, -0.05) is 23.2 Å². The first-order chi connectivity index (χ1) is 10.9. The van der Waals surface area contributed by atoms with Crippen molar-refractivity contribution in [1.82, 2.24) is 5.32 Å². The molecule has 0 spiro atoms. The molecule has 1 aliphatic carbocycles. The number of carbonyl (C=O) groups excluding carboxylic acids is 2. The van der Waals surface area contributed by atoms with Crippen molar-refractivity contribution in [3.8, 4) is 0 Å². The summed E-state index contributed by atoms with van der Waals surface area (Å²) < 4.78 is 0. The van der Waals surface area contributed by atoms with Gasteiger partial charge in [-0.3, -0.25) is 9.59 Å². The van der Waals surface area contributed by atoms with Crippen molar-refractivity contribution in [2.24, 2.45) is 17.6 Å². The highest BCUT2D eigenvalue weighted by Gasteiger charge is 2.36. The third-order valence-electron chi connectivity index (χ3n) is 4.39. The number of hydrogen-bond acceptors (Lipinski definition) is 3. The van der Waals surface area contributed by atoms with Crippen molar-refractivity contribution in [1.29, 1.82) is 0 Å². The zero-order chi connectivity index (χ0) is 16.6. The number of benzene rings is 1. The Kier molecular flexibility index (Phi) is 6.37. The smallest absolute Gasteiger partial charge is 0.227 e. The quantitative estimate of drug-likeness (QED) is 0.809. The molecule has 0 radical (unpaired) electrons. The minimum Gasteiger partial charge on any atom is -0.354 e. The van der Waals surface area contributed by atoms with E-state index in [1.807, 2.05) is 0 Å². The predicted molar refractivity (Wildman–Crippen MR) is 97.9 cm³/mol. The van der Waals surface area contributed by atoms with Gasteiger partial charge in [0.15, 0.2) is 0 Å². The molecule has 1 saturated heterocycles. The van der Waals surface area contributed by atoms with Crippen LogP contribution in [0.2, 0.25) is 10.0 Å². The maximum atomic E-state index is 12.3. The van der Waals surface area contributed by atoms with Crippen molar-refractivity contribution in [2.45, 2.75) is 25.3 Å². The second-order valence-electron chi connectivity index (χ2n) is 6.28. The van der Waals surface area contributed by atoms with Crippen molar-refractivity contribution in [3.05, 3.63) is 28.2 Å². The number of nitrogens with two attached hydrogens (primary N) is 1. The lowest BCUT2D eigenvalue weighted by atomic mass is 10.1. The fraction of sp³-hybridized carbons (Fsp3) is 0.500. The Morgan fingerprint density at radius 2 is 1.92 bits per heavy atom. The highest BCUT2D eigenvalue weighted by atomic mass is 35.5. The van der Waals surface area contributed by atoms with Gasteiger partial charge in [0.2, 0.25) is 11.8 Å². The van der Waals surface area contributed by atoms with Crippen molar-refractivity contribution in [3.63, 3.8) is 0 Å². The van der Waals surface area contributed by atoms with Crippen LogP contribution in [0.1, 0.15) is 19.3 Å². The van der Waals surface area contributed by atoms with Crippen LogP contribution in [0.15, 0.2) is 18.2 Å². The first-order valence-corrected chi connectivity index (χ1v) is 8.49. The van der Waals surface area contributed by atoms with Crippen LogP contribution in [0.25, 0.3) is 0 Å². The van der Waals surface area contributed by atoms with E-state index in [1.165, 1.54) is 0 Å². The maximum absolute atomic E-state index is 12.3. The number of carbonyl (C=O) groups is 2. The van der Waals surface area contributed by atoms with Gasteiger partial charge in [-0.15, -0.1) is 12.4 Å². The Labute approximate surface area is 157 Å². The lowest BCUT2D eigenvalue weighted by Gasteiger charge is -2.18. The Bertz CT molecular complexity index is 617. The Morgan fingerprint density at radius 3 is 2.50 bits per heavy atom. The molecule has 3 N–H and O–H groups in total. The molecule has 2 atom stereocenters. The van der Waals surface area contributed by atoms with Gasteiger partial charge in [-0.25, -0.2) is 0 Å². The first kappa shape index (κ1) is 19.3. The van der Waals surface area contributed by atoms with Crippen LogP contribution < -0.4 is 16.0 Å². The average Bonchev–Trinajstić information content (AvgIpc) is 3.26. The largest absolute Gasteiger partial charge is 0.354 e. The third kappa shape index (κ3) is 4.54. The molecule has 1 aliphatic heterocycles. The normalized spacial score (nSPS) is 21.4.